The summed E-state index contributed by atoms with van der Waals surface area (Å²) in [4.78, 5) is 4.62. The van der Waals surface area contributed by atoms with Crippen molar-refractivity contribution in [2.75, 3.05) is 24.7 Å². The summed E-state index contributed by atoms with van der Waals surface area (Å²) in [5, 5.41) is 12.1. The molecule has 0 spiro atoms. The smallest absolute Gasteiger partial charge is 0.123 e. The molecule has 1 heterocycles. The van der Waals surface area contributed by atoms with Crippen molar-refractivity contribution in [2.24, 2.45) is 7.05 Å². The van der Waals surface area contributed by atoms with Crippen LogP contribution in [0.5, 0.6) is 0 Å². The van der Waals surface area contributed by atoms with Crippen LogP contribution in [0.15, 0.2) is 24.3 Å². The molecule has 0 bridgehead atoms. The summed E-state index contributed by atoms with van der Waals surface area (Å²) in [6.07, 6.45) is 0.884. The van der Waals surface area contributed by atoms with Crippen LogP contribution < -0.4 is 5.32 Å². The van der Waals surface area contributed by atoms with Gasteiger partial charge < -0.3 is 15.0 Å². The van der Waals surface area contributed by atoms with Crippen molar-refractivity contribution in [3.05, 3.63) is 30.1 Å². The van der Waals surface area contributed by atoms with Gasteiger partial charge in [-0.3, -0.25) is 0 Å². The number of para-hydroxylation sites is 2. The van der Waals surface area contributed by atoms with E-state index in [-0.39, 0.29) is 0 Å². The summed E-state index contributed by atoms with van der Waals surface area (Å²) in [6.45, 7) is 2.06. The minimum absolute atomic E-state index is 0.292. The lowest BCUT2D eigenvalue weighted by atomic mass is 10.3. The van der Waals surface area contributed by atoms with Crippen molar-refractivity contribution < 1.29 is 5.11 Å². The van der Waals surface area contributed by atoms with E-state index in [2.05, 4.69) is 28.0 Å². The Hall–Kier alpha value is -1.04. The molecular weight excluding hydrogens is 258 g/mol. The highest BCUT2D eigenvalue weighted by atomic mass is 32.2. The minimum Gasteiger partial charge on any atom is -0.396 e. The molecule has 19 heavy (non-hydrogen) atoms. The molecule has 2 N–H and O–H groups in total. The Morgan fingerprint density at radius 2 is 2.16 bits per heavy atom. The maximum absolute atomic E-state index is 8.68. The Labute approximate surface area is 118 Å². The van der Waals surface area contributed by atoms with E-state index in [9.17, 15) is 0 Å². The Morgan fingerprint density at radius 3 is 2.95 bits per heavy atom. The fraction of sp³-hybridized carbons (Fsp3) is 0.500. The van der Waals surface area contributed by atoms with Crippen molar-refractivity contribution in [2.45, 2.75) is 13.0 Å². The molecule has 5 heteroatoms. The van der Waals surface area contributed by atoms with Crippen LogP contribution in [0.2, 0.25) is 0 Å². The molecular formula is C14H21N3OS. The van der Waals surface area contributed by atoms with Crippen LogP contribution >= 0.6 is 11.8 Å². The molecule has 1 aromatic heterocycles. The second-order valence-corrected chi connectivity index (χ2v) is 5.67. The highest BCUT2D eigenvalue weighted by Crippen LogP contribution is 2.13. The molecule has 0 saturated heterocycles. The molecule has 0 aliphatic rings. The van der Waals surface area contributed by atoms with Gasteiger partial charge in [-0.15, -0.1) is 0 Å². The Bertz CT molecular complexity index is 512. The van der Waals surface area contributed by atoms with E-state index in [1.165, 1.54) is 5.52 Å². The number of aryl methyl sites for hydroxylation is 1. The second kappa shape index (κ2) is 7.53. The van der Waals surface area contributed by atoms with Crippen molar-refractivity contribution in [1.82, 2.24) is 14.9 Å². The first-order chi connectivity index (χ1) is 9.33. The van der Waals surface area contributed by atoms with Crippen LogP contribution in [-0.4, -0.2) is 39.3 Å². The van der Waals surface area contributed by atoms with Gasteiger partial charge in [-0.05, 0) is 24.3 Å². The van der Waals surface area contributed by atoms with Gasteiger partial charge in [-0.2, -0.15) is 11.8 Å². The molecule has 104 valence electrons. The van der Waals surface area contributed by atoms with E-state index < -0.39 is 0 Å². The zero-order valence-corrected chi connectivity index (χ0v) is 12.1. The molecule has 2 aromatic rings. The van der Waals surface area contributed by atoms with Gasteiger partial charge in [-0.25, -0.2) is 4.98 Å². The largest absolute Gasteiger partial charge is 0.396 e. The molecule has 1 aromatic carbocycles. The number of hydrogen-bond donors (Lipinski definition) is 2. The molecule has 0 fully saturated rings. The maximum atomic E-state index is 8.68. The molecule has 2 rings (SSSR count). The highest BCUT2D eigenvalue weighted by Gasteiger charge is 2.05. The van der Waals surface area contributed by atoms with Crippen LogP contribution in [-0.2, 0) is 13.6 Å². The first-order valence-corrected chi connectivity index (χ1v) is 7.78. The average Bonchev–Trinajstić information content (AvgIpc) is 2.75. The Morgan fingerprint density at radius 1 is 1.32 bits per heavy atom. The number of aliphatic hydroxyl groups is 1. The second-order valence-electron chi connectivity index (χ2n) is 4.44. The third kappa shape index (κ3) is 3.96. The van der Waals surface area contributed by atoms with Gasteiger partial charge in [0, 0.05) is 26.0 Å². The number of imidazole rings is 1. The summed E-state index contributed by atoms with van der Waals surface area (Å²) >= 11 is 1.87. The predicted octanol–water partition coefficient (Wildman–Crippen LogP) is 1.78. The third-order valence-corrected chi connectivity index (χ3v) is 4.10. The molecule has 0 saturated carbocycles. The van der Waals surface area contributed by atoms with Gasteiger partial charge in [0.05, 0.1) is 17.6 Å². The molecule has 0 aliphatic carbocycles. The van der Waals surface area contributed by atoms with Gasteiger partial charge in [-0.1, -0.05) is 12.1 Å². The number of nitrogens with zero attached hydrogens (tertiary/aromatic N) is 2. The summed E-state index contributed by atoms with van der Waals surface area (Å²) in [5.41, 5.74) is 2.23. The third-order valence-electron chi connectivity index (χ3n) is 3.03. The summed E-state index contributed by atoms with van der Waals surface area (Å²) in [7, 11) is 2.06. The quantitative estimate of drug-likeness (QED) is 0.723. The van der Waals surface area contributed by atoms with E-state index in [1.54, 1.807) is 0 Å². The monoisotopic (exact) mass is 279 g/mol. The number of rotatable bonds is 8. The SMILES string of the molecule is Cn1c(CNCCSCCCO)nc2ccccc21. The van der Waals surface area contributed by atoms with Crippen molar-refractivity contribution in [1.29, 1.82) is 0 Å². The number of fused-ring (bicyclic) bond motifs is 1. The first-order valence-electron chi connectivity index (χ1n) is 6.62. The lowest BCUT2D eigenvalue weighted by molar-refractivity contribution is 0.296. The fourth-order valence-corrected chi connectivity index (χ4v) is 2.79. The van der Waals surface area contributed by atoms with Gasteiger partial charge in [0.25, 0.3) is 0 Å². The van der Waals surface area contributed by atoms with Gasteiger partial charge in [0.15, 0.2) is 0 Å². The fourth-order valence-electron chi connectivity index (χ4n) is 1.97. The topological polar surface area (TPSA) is 50.1 Å². The summed E-state index contributed by atoms with van der Waals surface area (Å²) < 4.78 is 2.14. The van der Waals surface area contributed by atoms with E-state index in [0.717, 1.165) is 42.4 Å². The van der Waals surface area contributed by atoms with E-state index >= 15 is 0 Å². The molecule has 0 aliphatic heterocycles. The Balaban J connectivity index is 1.77. The van der Waals surface area contributed by atoms with E-state index in [4.69, 9.17) is 5.11 Å². The number of thioether (sulfide) groups is 1. The average molecular weight is 279 g/mol. The minimum atomic E-state index is 0.292. The summed E-state index contributed by atoms with van der Waals surface area (Å²) in [5.74, 6) is 3.18. The maximum Gasteiger partial charge on any atom is 0.123 e. The van der Waals surface area contributed by atoms with Gasteiger partial charge >= 0.3 is 0 Å². The number of nitrogens with one attached hydrogen (secondary N) is 1. The van der Waals surface area contributed by atoms with E-state index in [0.29, 0.717) is 6.61 Å². The van der Waals surface area contributed by atoms with Crippen LogP contribution in [0.1, 0.15) is 12.2 Å². The summed E-state index contributed by atoms with van der Waals surface area (Å²) in [6, 6.07) is 8.20. The molecule has 0 amide bonds. The zero-order valence-electron chi connectivity index (χ0n) is 11.3. The number of benzene rings is 1. The standard InChI is InChI=1S/C14H21N3OS/c1-17-13-6-3-2-5-12(13)16-14(17)11-15-7-10-19-9-4-8-18/h2-3,5-6,15,18H,4,7-11H2,1H3. The van der Waals surface area contributed by atoms with Crippen LogP contribution in [0, 0.1) is 0 Å². The van der Waals surface area contributed by atoms with Gasteiger partial charge in [0.2, 0.25) is 0 Å². The molecule has 0 radical (unpaired) electrons. The molecule has 0 atom stereocenters. The lowest BCUT2D eigenvalue weighted by Crippen LogP contribution is -2.19. The van der Waals surface area contributed by atoms with Crippen molar-refractivity contribution >= 4 is 22.8 Å². The Kier molecular flexibility index (Phi) is 5.69. The van der Waals surface area contributed by atoms with Crippen LogP contribution in [0.4, 0.5) is 0 Å². The first kappa shape index (κ1) is 14.4. The number of aromatic nitrogens is 2. The normalized spacial score (nSPS) is 11.3. The lowest BCUT2D eigenvalue weighted by Gasteiger charge is -2.05. The van der Waals surface area contributed by atoms with Crippen LogP contribution in [0.3, 0.4) is 0 Å². The number of hydrogen-bond acceptors (Lipinski definition) is 4. The number of aliphatic hydroxyl groups excluding tert-OH is 1. The molecule has 0 unspecified atom stereocenters. The van der Waals surface area contributed by atoms with E-state index in [1.807, 2.05) is 30.0 Å². The van der Waals surface area contributed by atoms with Crippen LogP contribution in [0.25, 0.3) is 11.0 Å². The zero-order chi connectivity index (χ0) is 13.5. The van der Waals surface area contributed by atoms with Gasteiger partial charge in [0.1, 0.15) is 5.82 Å². The highest BCUT2D eigenvalue weighted by molar-refractivity contribution is 7.99. The predicted molar refractivity (Wildman–Crippen MR) is 81.4 cm³/mol. The molecule has 4 nitrogen and oxygen atoms in total. The van der Waals surface area contributed by atoms with Crippen molar-refractivity contribution in [3.8, 4) is 0 Å². The van der Waals surface area contributed by atoms with Crippen molar-refractivity contribution in [3.63, 3.8) is 0 Å².